The average Bonchev–Trinajstić information content (AvgIpc) is 2.84. The lowest BCUT2D eigenvalue weighted by Gasteiger charge is -2.15. The zero-order valence-corrected chi connectivity index (χ0v) is 9.27. The van der Waals surface area contributed by atoms with Gasteiger partial charge in [0, 0.05) is 19.0 Å². The highest BCUT2D eigenvalue weighted by Crippen LogP contribution is 2.18. The van der Waals surface area contributed by atoms with Crippen molar-refractivity contribution in [1.82, 2.24) is 10.2 Å². The highest BCUT2D eigenvalue weighted by Gasteiger charge is 2.23. The van der Waals surface area contributed by atoms with Crippen LogP contribution in [0.25, 0.3) is 0 Å². The van der Waals surface area contributed by atoms with Crippen LogP contribution in [0.3, 0.4) is 0 Å². The molecule has 1 amide bonds. The number of nitrogens with two attached hydrogens (primary N) is 1. The Hall–Kier alpha value is -0.680. The molecule has 0 heterocycles. The van der Waals surface area contributed by atoms with Crippen LogP contribution in [0.1, 0.15) is 19.3 Å². The third-order valence-electron chi connectivity index (χ3n) is 2.10. The van der Waals surface area contributed by atoms with E-state index in [0.29, 0.717) is 24.0 Å². The first-order chi connectivity index (χ1) is 6.58. The van der Waals surface area contributed by atoms with Crippen molar-refractivity contribution in [2.45, 2.75) is 25.3 Å². The Morgan fingerprint density at radius 3 is 2.79 bits per heavy atom. The van der Waals surface area contributed by atoms with Gasteiger partial charge in [0.2, 0.25) is 5.91 Å². The van der Waals surface area contributed by atoms with Gasteiger partial charge in [-0.05, 0) is 19.9 Å². The highest BCUT2D eigenvalue weighted by atomic mass is 32.1. The standard InChI is InChI=1S/C9H17N3OS/c1-12(5-4-8(10)14)6-9(13)11-7-2-3-7/h7H,2-6H2,1H3,(H2,10,14)(H,11,13). The van der Waals surface area contributed by atoms with Crippen LogP contribution in [-0.2, 0) is 4.79 Å². The van der Waals surface area contributed by atoms with Gasteiger partial charge in [-0.15, -0.1) is 0 Å². The Labute approximate surface area is 89.8 Å². The summed E-state index contributed by atoms with van der Waals surface area (Å²) >= 11 is 4.76. The van der Waals surface area contributed by atoms with Crippen LogP contribution >= 0.6 is 12.2 Å². The molecule has 0 unspecified atom stereocenters. The van der Waals surface area contributed by atoms with E-state index in [2.05, 4.69) is 5.32 Å². The first-order valence-corrected chi connectivity index (χ1v) is 5.25. The predicted octanol–water partition coefficient (Wildman–Crippen LogP) is -0.127. The average molecular weight is 215 g/mol. The van der Waals surface area contributed by atoms with Gasteiger partial charge in [-0.1, -0.05) is 12.2 Å². The van der Waals surface area contributed by atoms with Crippen molar-refractivity contribution in [3.63, 3.8) is 0 Å². The lowest BCUT2D eigenvalue weighted by Crippen LogP contribution is -2.37. The van der Waals surface area contributed by atoms with Gasteiger partial charge in [-0.2, -0.15) is 0 Å². The van der Waals surface area contributed by atoms with Crippen LogP contribution in [0, 0.1) is 0 Å². The van der Waals surface area contributed by atoms with Crippen LogP contribution in [0.15, 0.2) is 0 Å². The van der Waals surface area contributed by atoms with Crippen molar-refractivity contribution in [2.75, 3.05) is 20.1 Å². The summed E-state index contributed by atoms with van der Waals surface area (Å²) < 4.78 is 0. The first-order valence-electron chi connectivity index (χ1n) is 4.84. The zero-order chi connectivity index (χ0) is 10.6. The van der Waals surface area contributed by atoms with Gasteiger partial charge in [0.25, 0.3) is 0 Å². The second kappa shape index (κ2) is 5.26. The zero-order valence-electron chi connectivity index (χ0n) is 8.45. The number of likely N-dealkylation sites (N-methyl/N-ethyl adjacent to an activating group) is 1. The number of nitrogens with one attached hydrogen (secondary N) is 1. The van der Waals surface area contributed by atoms with Crippen LogP contribution in [0.4, 0.5) is 0 Å². The second-order valence-corrected chi connectivity index (χ2v) is 4.32. The Balaban J connectivity index is 2.08. The molecule has 0 aromatic rings. The fourth-order valence-electron chi connectivity index (χ4n) is 1.13. The number of thiocarbonyl (C=S) groups is 1. The summed E-state index contributed by atoms with van der Waals surface area (Å²) in [5, 5.41) is 2.93. The molecule has 0 atom stereocenters. The van der Waals surface area contributed by atoms with E-state index in [4.69, 9.17) is 18.0 Å². The molecule has 1 saturated carbocycles. The van der Waals surface area contributed by atoms with Gasteiger partial charge < -0.3 is 11.1 Å². The number of carbonyl (C=O) groups excluding carboxylic acids is 1. The molecule has 80 valence electrons. The van der Waals surface area contributed by atoms with E-state index in [9.17, 15) is 4.79 Å². The minimum atomic E-state index is 0.0953. The van der Waals surface area contributed by atoms with Crippen LogP contribution in [0.5, 0.6) is 0 Å². The summed E-state index contributed by atoms with van der Waals surface area (Å²) in [7, 11) is 1.89. The monoisotopic (exact) mass is 215 g/mol. The number of carbonyl (C=O) groups is 1. The summed E-state index contributed by atoms with van der Waals surface area (Å²) in [5.74, 6) is 0.0953. The number of hydrogen-bond donors (Lipinski definition) is 2. The molecule has 0 aliphatic heterocycles. The normalized spacial score (nSPS) is 15.6. The molecule has 0 radical (unpaired) electrons. The highest BCUT2D eigenvalue weighted by molar-refractivity contribution is 7.80. The molecule has 0 bridgehead atoms. The molecule has 14 heavy (non-hydrogen) atoms. The van der Waals surface area contributed by atoms with Gasteiger partial charge in [0.1, 0.15) is 0 Å². The van der Waals surface area contributed by atoms with E-state index in [1.54, 1.807) is 0 Å². The van der Waals surface area contributed by atoms with E-state index < -0.39 is 0 Å². The maximum Gasteiger partial charge on any atom is 0.234 e. The van der Waals surface area contributed by atoms with Gasteiger partial charge >= 0.3 is 0 Å². The Morgan fingerprint density at radius 2 is 2.29 bits per heavy atom. The van der Waals surface area contributed by atoms with E-state index >= 15 is 0 Å². The third-order valence-corrected chi connectivity index (χ3v) is 2.30. The van der Waals surface area contributed by atoms with Crippen molar-refractivity contribution >= 4 is 23.1 Å². The van der Waals surface area contributed by atoms with Crippen LogP contribution in [0.2, 0.25) is 0 Å². The minimum Gasteiger partial charge on any atom is -0.393 e. The van der Waals surface area contributed by atoms with Crippen molar-refractivity contribution in [3.05, 3.63) is 0 Å². The molecule has 0 saturated heterocycles. The lowest BCUT2D eigenvalue weighted by molar-refractivity contribution is -0.122. The molecule has 0 aromatic carbocycles. The molecule has 1 aliphatic carbocycles. The lowest BCUT2D eigenvalue weighted by atomic mass is 10.4. The number of hydrogen-bond acceptors (Lipinski definition) is 3. The molecule has 0 spiro atoms. The predicted molar refractivity (Wildman–Crippen MR) is 60.1 cm³/mol. The fraction of sp³-hybridized carbons (Fsp3) is 0.778. The van der Waals surface area contributed by atoms with Gasteiger partial charge in [0.15, 0.2) is 0 Å². The Bertz CT molecular complexity index is 228. The molecule has 5 heteroatoms. The largest absolute Gasteiger partial charge is 0.393 e. The van der Waals surface area contributed by atoms with E-state index in [1.165, 1.54) is 0 Å². The van der Waals surface area contributed by atoms with Gasteiger partial charge in [-0.25, -0.2) is 0 Å². The third kappa shape index (κ3) is 5.14. The van der Waals surface area contributed by atoms with Gasteiger partial charge in [-0.3, -0.25) is 9.69 Å². The maximum absolute atomic E-state index is 11.3. The summed E-state index contributed by atoms with van der Waals surface area (Å²) in [6, 6.07) is 0.437. The number of rotatable bonds is 6. The van der Waals surface area contributed by atoms with Crippen molar-refractivity contribution in [1.29, 1.82) is 0 Å². The molecule has 1 aliphatic rings. The molecule has 3 N–H and O–H groups in total. The van der Waals surface area contributed by atoms with E-state index in [-0.39, 0.29) is 5.91 Å². The topological polar surface area (TPSA) is 58.4 Å². The van der Waals surface area contributed by atoms with Crippen molar-refractivity contribution < 1.29 is 4.79 Å². The van der Waals surface area contributed by atoms with E-state index in [1.807, 2.05) is 11.9 Å². The maximum atomic E-state index is 11.3. The molecular weight excluding hydrogens is 198 g/mol. The smallest absolute Gasteiger partial charge is 0.234 e. The molecule has 0 aromatic heterocycles. The summed E-state index contributed by atoms with van der Waals surface area (Å²) in [6.07, 6.45) is 2.92. The van der Waals surface area contributed by atoms with Gasteiger partial charge in [0.05, 0.1) is 11.5 Å². The Morgan fingerprint density at radius 1 is 1.64 bits per heavy atom. The first kappa shape index (κ1) is 11.4. The second-order valence-electron chi connectivity index (χ2n) is 3.80. The van der Waals surface area contributed by atoms with Crippen molar-refractivity contribution in [2.24, 2.45) is 5.73 Å². The fourth-order valence-corrected chi connectivity index (χ4v) is 1.22. The number of amides is 1. The quantitative estimate of drug-likeness (QED) is 0.606. The van der Waals surface area contributed by atoms with Crippen LogP contribution < -0.4 is 11.1 Å². The summed E-state index contributed by atoms with van der Waals surface area (Å²) in [6.45, 7) is 1.17. The molecule has 1 rings (SSSR count). The number of nitrogens with zero attached hydrogens (tertiary/aromatic N) is 1. The summed E-state index contributed by atoms with van der Waals surface area (Å²) in [5.41, 5.74) is 5.37. The minimum absolute atomic E-state index is 0.0953. The molecule has 4 nitrogen and oxygen atoms in total. The molecule has 1 fully saturated rings. The summed E-state index contributed by atoms with van der Waals surface area (Å²) in [4.78, 5) is 13.8. The SMILES string of the molecule is CN(CCC(N)=S)CC(=O)NC1CC1. The molecular formula is C9H17N3OS. The Kier molecular flexibility index (Phi) is 4.28. The van der Waals surface area contributed by atoms with E-state index in [0.717, 1.165) is 19.4 Å². The van der Waals surface area contributed by atoms with Crippen molar-refractivity contribution in [3.8, 4) is 0 Å². The van der Waals surface area contributed by atoms with Crippen LogP contribution in [-0.4, -0.2) is 42.0 Å².